The van der Waals surface area contributed by atoms with Crippen molar-refractivity contribution in [3.63, 3.8) is 0 Å². The Morgan fingerprint density at radius 3 is 2.50 bits per heavy atom. The topological polar surface area (TPSA) is 100 Å². The predicted octanol–water partition coefficient (Wildman–Crippen LogP) is 2.55. The summed E-state index contributed by atoms with van der Waals surface area (Å²) in [6, 6.07) is 11.2. The summed E-state index contributed by atoms with van der Waals surface area (Å²) in [4.78, 5) is 38.7. The third-order valence-electron chi connectivity index (χ3n) is 4.24. The van der Waals surface area contributed by atoms with Crippen molar-refractivity contribution < 1.29 is 19.1 Å². The van der Waals surface area contributed by atoms with Gasteiger partial charge in [-0.3, -0.25) is 14.4 Å². The maximum absolute atomic E-state index is 12.7. The van der Waals surface area contributed by atoms with Crippen LogP contribution in [0.2, 0.25) is 10.0 Å². The number of hydrazone groups is 1. The normalized spacial score (nSPS) is 13.9. The highest BCUT2D eigenvalue weighted by Crippen LogP contribution is 2.20. The van der Waals surface area contributed by atoms with Crippen molar-refractivity contribution >= 4 is 52.8 Å². The molecule has 2 aromatic rings. The Hall–Kier alpha value is -2.94. The lowest BCUT2D eigenvalue weighted by molar-refractivity contribution is -0.136. The van der Waals surface area contributed by atoms with Crippen molar-refractivity contribution in [1.29, 1.82) is 0 Å². The third-order valence-corrected chi connectivity index (χ3v) is 4.80. The lowest BCUT2D eigenvalue weighted by Gasteiger charge is -2.27. The SMILES string of the molecule is O=C(NN=Cc1ccc(Cl)cc1Cl)C(=O)Nc1ccccc1C(=O)N1CCOCC1. The molecule has 3 amide bonds. The van der Waals surface area contributed by atoms with E-state index in [-0.39, 0.29) is 17.2 Å². The first-order valence-electron chi connectivity index (χ1n) is 9.01. The number of amides is 3. The second-order valence-corrected chi connectivity index (χ2v) is 7.11. The maximum Gasteiger partial charge on any atom is 0.329 e. The van der Waals surface area contributed by atoms with Crippen molar-refractivity contribution in [2.75, 3.05) is 31.6 Å². The zero-order valence-corrected chi connectivity index (χ0v) is 17.2. The number of carbonyl (C=O) groups excluding carboxylic acids is 3. The Balaban J connectivity index is 1.63. The van der Waals surface area contributed by atoms with Crippen molar-refractivity contribution in [2.45, 2.75) is 0 Å². The molecule has 0 atom stereocenters. The number of nitrogens with zero attached hydrogens (tertiary/aromatic N) is 2. The summed E-state index contributed by atoms with van der Waals surface area (Å²) in [6.45, 7) is 1.84. The highest BCUT2D eigenvalue weighted by molar-refractivity contribution is 6.40. The number of halogens is 2. The van der Waals surface area contributed by atoms with E-state index in [0.29, 0.717) is 41.9 Å². The number of nitrogens with one attached hydrogen (secondary N) is 2. The fourth-order valence-corrected chi connectivity index (χ4v) is 3.17. The van der Waals surface area contributed by atoms with Gasteiger partial charge in [-0.15, -0.1) is 0 Å². The molecule has 1 saturated heterocycles. The van der Waals surface area contributed by atoms with Gasteiger partial charge in [-0.2, -0.15) is 5.10 Å². The monoisotopic (exact) mass is 448 g/mol. The minimum Gasteiger partial charge on any atom is -0.378 e. The van der Waals surface area contributed by atoms with Gasteiger partial charge in [-0.05, 0) is 24.3 Å². The van der Waals surface area contributed by atoms with Gasteiger partial charge in [0.15, 0.2) is 0 Å². The Labute approximate surface area is 182 Å². The van der Waals surface area contributed by atoms with E-state index in [0.717, 1.165) is 0 Å². The van der Waals surface area contributed by atoms with Crippen molar-refractivity contribution in [1.82, 2.24) is 10.3 Å². The van der Waals surface area contributed by atoms with E-state index in [1.807, 2.05) is 0 Å². The standard InChI is InChI=1S/C20H18Cl2N4O4/c21-14-6-5-13(16(22)11-14)12-23-25-19(28)18(27)24-17-4-2-1-3-15(17)20(29)26-7-9-30-10-8-26/h1-6,11-12H,7-10H2,(H,24,27)(H,25,28). The van der Waals surface area contributed by atoms with Crippen LogP contribution in [-0.2, 0) is 14.3 Å². The third kappa shape index (κ3) is 5.56. The van der Waals surface area contributed by atoms with E-state index in [1.54, 1.807) is 41.3 Å². The lowest BCUT2D eigenvalue weighted by atomic mass is 10.1. The highest BCUT2D eigenvalue weighted by atomic mass is 35.5. The Kier molecular flexibility index (Phi) is 7.40. The van der Waals surface area contributed by atoms with Crippen LogP contribution in [0.25, 0.3) is 0 Å². The summed E-state index contributed by atoms with van der Waals surface area (Å²) >= 11 is 11.8. The van der Waals surface area contributed by atoms with Crippen molar-refractivity contribution in [2.24, 2.45) is 5.10 Å². The lowest BCUT2D eigenvalue weighted by Crippen LogP contribution is -2.41. The molecule has 2 N–H and O–H groups in total. The number of morpholine rings is 1. The summed E-state index contributed by atoms with van der Waals surface area (Å²) in [5.41, 5.74) is 3.16. The van der Waals surface area contributed by atoms with Crippen LogP contribution in [0.1, 0.15) is 15.9 Å². The largest absolute Gasteiger partial charge is 0.378 e. The number of carbonyl (C=O) groups is 3. The maximum atomic E-state index is 12.7. The summed E-state index contributed by atoms with van der Waals surface area (Å²) in [7, 11) is 0. The Morgan fingerprint density at radius 1 is 1.03 bits per heavy atom. The van der Waals surface area contributed by atoms with Gasteiger partial charge < -0.3 is 15.0 Å². The first kappa shape index (κ1) is 21.8. The van der Waals surface area contributed by atoms with Crippen LogP contribution in [0.5, 0.6) is 0 Å². The molecule has 1 heterocycles. The zero-order valence-electron chi connectivity index (χ0n) is 15.7. The first-order chi connectivity index (χ1) is 14.5. The van der Waals surface area contributed by atoms with Gasteiger partial charge >= 0.3 is 11.8 Å². The molecule has 1 aliphatic rings. The minimum absolute atomic E-state index is 0.235. The molecule has 0 radical (unpaired) electrons. The van der Waals surface area contributed by atoms with Crippen LogP contribution in [0.3, 0.4) is 0 Å². The summed E-state index contributed by atoms with van der Waals surface area (Å²) in [5, 5.41) is 6.99. The molecule has 1 fully saturated rings. The molecular formula is C20H18Cl2N4O4. The summed E-state index contributed by atoms with van der Waals surface area (Å²) < 4.78 is 5.25. The van der Waals surface area contributed by atoms with Gasteiger partial charge in [0.1, 0.15) is 0 Å². The van der Waals surface area contributed by atoms with Crippen LogP contribution in [-0.4, -0.2) is 55.1 Å². The molecule has 8 nitrogen and oxygen atoms in total. The Morgan fingerprint density at radius 2 is 1.77 bits per heavy atom. The number of benzene rings is 2. The molecule has 0 aliphatic carbocycles. The van der Waals surface area contributed by atoms with Gasteiger partial charge in [0.25, 0.3) is 5.91 Å². The van der Waals surface area contributed by atoms with Crippen LogP contribution in [0.15, 0.2) is 47.6 Å². The van der Waals surface area contributed by atoms with E-state index in [9.17, 15) is 14.4 Å². The van der Waals surface area contributed by atoms with Crippen LogP contribution >= 0.6 is 23.2 Å². The van der Waals surface area contributed by atoms with Gasteiger partial charge in [-0.25, -0.2) is 5.43 Å². The zero-order chi connectivity index (χ0) is 21.5. The second kappa shape index (κ2) is 10.2. The average molecular weight is 449 g/mol. The van der Waals surface area contributed by atoms with E-state index >= 15 is 0 Å². The summed E-state index contributed by atoms with van der Waals surface area (Å²) in [5.74, 6) is -2.20. The van der Waals surface area contributed by atoms with E-state index < -0.39 is 11.8 Å². The second-order valence-electron chi connectivity index (χ2n) is 6.27. The average Bonchev–Trinajstić information content (AvgIpc) is 2.75. The van der Waals surface area contributed by atoms with Crippen molar-refractivity contribution in [3.05, 3.63) is 63.6 Å². The van der Waals surface area contributed by atoms with Gasteiger partial charge in [-0.1, -0.05) is 41.4 Å². The van der Waals surface area contributed by atoms with E-state index in [2.05, 4.69) is 15.8 Å². The smallest absolute Gasteiger partial charge is 0.329 e. The molecule has 2 aromatic carbocycles. The number of rotatable bonds is 4. The fraction of sp³-hybridized carbons (Fsp3) is 0.200. The van der Waals surface area contributed by atoms with E-state index in [4.69, 9.17) is 27.9 Å². The van der Waals surface area contributed by atoms with Crippen molar-refractivity contribution in [3.8, 4) is 0 Å². The molecule has 30 heavy (non-hydrogen) atoms. The Bertz CT molecular complexity index is 991. The number of hydrogen-bond acceptors (Lipinski definition) is 5. The molecule has 156 valence electrons. The first-order valence-corrected chi connectivity index (χ1v) is 9.77. The quantitative estimate of drug-likeness (QED) is 0.426. The van der Waals surface area contributed by atoms with Crippen LogP contribution in [0.4, 0.5) is 5.69 Å². The molecular weight excluding hydrogens is 431 g/mol. The minimum atomic E-state index is -0.995. The molecule has 10 heteroatoms. The van der Waals surface area contributed by atoms with Crippen LogP contribution < -0.4 is 10.7 Å². The fourth-order valence-electron chi connectivity index (χ4n) is 2.71. The van der Waals surface area contributed by atoms with Gasteiger partial charge in [0.05, 0.1) is 35.7 Å². The summed E-state index contributed by atoms with van der Waals surface area (Å²) in [6.07, 6.45) is 1.29. The predicted molar refractivity (Wildman–Crippen MR) is 114 cm³/mol. The molecule has 0 unspecified atom stereocenters. The highest BCUT2D eigenvalue weighted by Gasteiger charge is 2.22. The molecule has 0 bridgehead atoms. The number of ether oxygens (including phenoxy) is 1. The van der Waals surface area contributed by atoms with E-state index in [1.165, 1.54) is 12.3 Å². The van der Waals surface area contributed by atoms with Crippen LogP contribution in [0, 0.1) is 0 Å². The number of hydrogen-bond donors (Lipinski definition) is 2. The number of para-hydroxylation sites is 1. The molecule has 0 saturated carbocycles. The number of anilines is 1. The van der Waals surface area contributed by atoms with Gasteiger partial charge in [0.2, 0.25) is 0 Å². The van der Waals surface area contributed by atoms with Gasteiger partial charge in [0, 0.05) is 23.7 Å². The molecule has 0 aromatic heterocycles. The molecule has 0 spiro atoms. The molecule has 3 rings (SSSR count). The molecule has 1 aliphatic heterocycles.